The molecule has 1 rings (SSSR count). The van der Waals surface area contributed by atoms with E-state index < -0.39 is 0 Å². The van der Waals surface area contributed by atoms with Crippen molar-refractivity contribution >= 4 is 0 Å². The lowest BCUT2D eigenvalue weighted by atomic mass is 9.88. The van der Waals surface area contributed by atoms with Crippen LogP contribution < -0.4 is 11.1 Å². The Labute approximate surface area is 81.7 Å². The van der Waals surface area contributed by atoms with E-state index in [1.165, 1.54) is 25.9 Å². The minimum Gasteiger partial charge on any atom is -0.330 e. The average molecular weight is 185 g/mol. The Morgan fingerprint density at radius 1 is 1.46 bits per heavy atom. The molecule has 1 saturated heterocycles. The number of likely N-dealkylation sites (tertiary alicyclic amines) is 1. The van der Waals surface area contributed by atoms with Crippen LogP contribution in [0.25, 0.3) is 0 Å². The van der Waals surface area contributed by atoms with E-state index in [1.807, 2.05) is 0 Å². The highest BCUT2D eigenvalue weighted by Gasteiger charge is 2.23. The van der Waals surface area contributed by atoms with Gasteiger partial charge in [-0.3, -0.25) is 0 Å². The van der Waals surface area contributed by atoms with E-state index in [1.54, 1.807) is 0 Å². The SMILES string of the molecule is CNC(CCN)C1CCN(C)CC1. The van der Waals surface area contributed by atoms with Gasteiger partial charge in [-0.25, -0.2) is 0 Å². The Balaban J connectivity index is 2.32. The predicted octanol–water partition coefficient (Wildman–Crippen LogP) is 0.265. The first-order valence-electron chi connectivity index (χ1n) is 5.33. The highest BCUT2D eigenvalue weighted by atomic mass is 15.1. The molecule has 0 radical (unpaired) electrons. The molecule has 1 atom stereocenters. The van der Waals surface area contributed by atoms with Gasteiger partial charge in [0.1, 0.15) is 0 Å². The molecule has 1 fully saturated rings. The zero-order valence-electron chi connectivity index (χ0n) is 8.92. The summed E-state index contributed by atoms with van der Waals surface area (Å²) in [5, 5.41) is 3.39. The first-order valence-corrected chi connectivity index (χ1v) is 5.33. The number of nitrogens with two attached hydrogens (primary N) is 1. The molecule has 0 aromatic heterocycles. The second-order valence-corrected chi connectivity index (χ2v) is 4.11. The number of hydrogen-bond acceptors (Lipinski definition) is 3. The maximum Gasteiger partial charge on any atom is 0.0105 e. The summed E-state index contributed by atoms with van der Waals surface area (Å²) in [6.07, 6.45) is 3.76. The van der Waals surface area contributed by atoms with Gasteiger partial charge < -0.3 is 16.0 Å². The monoisotopic (exact) mass is 185 g/mol. The molecule has 0 saturated carbocycles. The molecule has 0 aliphatic carbocycles. The molecule has 3 N–H and O–H groups in total. The maximum atomic E-state index is 5.59. The summed E-state index contributed by atoms with van der Waals surface area (Å²) >= 11 is 0. The number of rotatable bonds is 4. The standard InChI is InChI=1S/C10H23N3/c1-12-10(3-6-11)9-4-7-13(2)8-5-9/h9-10,12H,3-8,11H2,1-2H3. The Morgan fingerprint density at radius 3 is 2.54 bits per heavy atom. The predicted molar refractivity (Wildman–Crippen MR) is 56.7 cm³/mol. The number of piperidine rings is 1. The van der Waals surface area contributed by atoms with Gasteiger partial charge in [-0.05, 0) is 58.9 Å². The van der Waals surface area contributed by atoms with Gasteiger partial charge in [-0.1, -0.05) is 0 Å². The lowest BCUT2D eigenvalue weighted by Gasteiger charge is -2.34. The summed E-state index contributed by atoms with van der Waals surface area (Å²) < 4.78 is 0. The molecule has 13 heavy (non-hydrogen) atoms. The van der Waals surface area contributed by atoms with Crippen molar-refractivity contribution in [2.75, 3.05) is 33.7 Å². The third kappa shape index (κ3) is 3.25. The fourth-order valence-corrected chi connectivity index (χ4v) is 2.23. The zero-order chi connectivity index (χ0) is 9.68. The second kappa shape index (κ2) is 5.58. The van der Waals surface area contributed by atoms with Crippen LogP contribution in [0.2, 0.25) is 0 Å². The number of hydrogen-bond donors (Lipinski definition) is 2. The topological polar surface area (TPSA) is 41.3 Å². The van der Waals surface area contributed by atoms with Gasteiger partial charge in [0.05, 0.1) is 0 Å². The molecule has 1 aliphatic rings. The third-order valence-electron chi connectivity index (χ3n) is 3.18. The third-order valence-corrected chi connectivity index (χ3v) is 3.18. The second-order valence-electron chi connectivity index (χ2n) is 4.11. The summed E-state index contributed by atoms with van der Waals surface area (Å²) in [4.78, 5) is 2.41. The number of nitrogens with zero attached hydrogens (tertiary/aromatic N) is 1. The minimum atomic E-state index is 0.638. The Kier molecular flexibility index (Phi) is 4.70. The number of nitrogens with one attached hydrogen (secondary N) is 1. The molecule has 0 aromatic carbocycles. The fourth-order valence-electron chi connectivity index (χ4n) is 2.23. The fraction of sp³-hybridized carbons (Fsp3) is 1.00. The Hall–Kier alpha value is -0.120. The van der Waals surface area contributed by atoms with Gasteiger partial charge in [0, 0.05) is 6.04 Å². The summed E-state index contributed by atoms with van der Waals surface area (Å²) in [7, 11) is 4.26. The van der Waals surface area contributed by atoms with E-state index >= 15 is 0 Å². The van der Waals surface area contributed by atoms with Gasteiger partial charge in [-0.2, -0.15) is 0 Å². The summed E-state index contributed by atoms with van der Waals surface area (Å²) in [5.41, 5.74) is 5.59. The van der Waals surface area contributed by atoms with Crippen LogP contribution in [0.4, 0.5) is 0 Å². The van der Waals surface area contributed by atoms with E-state index in [2.05, 4.69) is 24.3 Å². The van der Waals surface area contributed by atoms with Gasteiger partial charge in [-0.15, -0.1) is 0 Å². The molecular formula is C10H23N3. The first-order chi connectivity index (χ1) is 6.27. The highest BCUT2D eigenvalue weighted by Crippen LogP contribution is 2.20. The average Bonchev–Trinajstić information content (AvgIpc) is 2.16. The Morgan fingerprint density at radius 2 is 2.08 bits per heavy atom. The van der Waals surface area contributed by atoms with Gasteiger partial charge in [0.25, 0.3) is 0 Å². The van der Waals surface area contributed by atoms with Crippen molar-refractivity contribution in [1.82, 2.24) is 10.2 Å². The molecule has 0 bridgehead atoms. The summed E-state index contributed by atoms with van der Waals surface area (Å²) in [6, 6.07) is 0.638. The molecular weight excluding hydrogens is 162 g/mol. The molecule has 1 heterocycles. The van der Waals surface area contributed by atoms with Crippen LogP contribution in [0, 0.1) is 5.92 Å². The van der Waals surface area contributed by atoms with Crippen molar-refractivity contribution in [3.05, 3.63) is 0 Å². The lowest BCUT2D eigenvalue weighted by Crippen LogP contribution is -2.41. The van der Waals surface area contributed by atoms with Crippen LogP contribution in [0.15, 0.2) is 0 Å². The quantitative estimate of drug-likeness (QED) is 0.660. The largest absolute Gasteiger partial charge is 0.330 e. The van der Waals surface area contributed by atoms with Crippen LogP contribution in [-0.4, -0.2) is 44.7 Å². The van der Waals surface area contributed by atoms with E-state index in [9.17, 15) is 0 Å². The molecule has 0 spiro atoms. The lowest BCUT2D eigenvalue weighted by molar-refractivity contribution is 0.184. The van der Waals surface area contributed by atoms with E-state index in [4.69, 9.17) is 5.73 Å². The summed E-state index contributed by atoms with van der Waals surface area (Å²) in [6.45, 7) is 3.29. The smallest absolute Gasteiger partial charge is 0.0105 e. The van der Waals surface area contributed by atoms with Crippen LogP contribution in [0.3, 0.4) is 0 Å². The van der Waals surface area contributed by atoms with Crippen molar-refractivity contribution < 1.29 is 0 Å². The van der Waals surface area contributed by atoms with Crippen molar-refractivity contribution in [3.8, 4) is 0 Å². The van der Waals surface area contributed by atoms with E-state index in [-0.39, 0.29) is 0 Å². The van der Waals surface area contributed by atoms with Crippen molar-refractivity contribution in [2.24, 2.45) is 11.7 Å². The molecule has 0 aromatic rings. The van der Waals surface area contributed by atoms with Crippen LogP contribution in [0.5, 0.6) is 0 Å². The van der Waals surface area contributed by atoms with Gasteiger partial charge >= 0.3 is 0 Å². The molecule has 1 unspecified atom stereocenters. The van der Waals surface area contributed by atoms with Gasteiger partial charge in [0.2, 0.25) is 0 Å². The maximum absolute atomic E-state index is 5.59. The summed E-state index contributed by atoms with van der Waals surface area (Å²) in [5.74, 6) is 0.838. The molecule has 3 nitrogen and oxygen atoms in total. The molecule has 1 aliphatic heterocycles. The Bertz CT molecular complexity index is 130. The minimum absolute atomic E-state index is 0.638. The van der Waals surface area contributed by atoms with Crippen LogP contribution >= 0.6 is 0 Å². The van der Waals surface area contributed by atoms with Crippen molar-refractivity contribution in [2.45, 2.75) is 25.3 Å². The van der Waals surface area contributed by atoms with E-state index in [0.29, 0.717) is 6.04 Å². The van der Waals surface area contributed by atoms with E-state index in [0.717, 1.165) is 18.9 Å². The van der Waals surface area contributed by atoms with Crippen molar-refractivity contribution in [1.29, 1.82) is 0 Å². The highest BCUT2D eigenvalue weighted by molar-refractivity contribution is 4.80. The van der Waals surface area contributed by atoms with Gasteiger partial charge in [0.15, 0.2) is 0 Å². The molecule has 78 valence electrons. The molecule has 3 heteroatoms. The van der Waals surface area contributed by atoms with Crippen LogP contribution in [-0.2, 0) is 0 Å². The zero-order valence-corrected chi connectivity index (χ0v) is 8.92. The normalized spacial score (nSPS) is 23.3. The first kappa shape index (κ1) is 11.0. The van der Waals surface area contributed by atoms with Crippen LogP contribution in [0.1, 0.15) is 19.3 Å². The molecule has 0 amide bonds. The van der Waals surface area contributed by atoms with Crippen molar-refractivity contribution in [3.63, 3.8) is 0 Å².